The fourth-order valence-corrected chi connectivity index (χ4v) is 5.78. The zero-order valence-corrected chi connectivity index (χ0v) is 17.2. The molecule has 0 saturated heterocycles. The number of halogens is 1. The third-order valence-electron chi connectivity index (χ3n) is 7.53. The van der Waals surface area contributed by atoms with Gasteiger partial charge in [0.25, 0.3) is 0 Å². The first-order valence-corrected chi connectivity index (χ1v) is 11.3. The maximum absolute atomic E-state index is 13.9. The first kappa shape index (κ1) is 20.4. The number of nitriles is 1. The van der Waals surface area contributed by atoms with Crippen molar-refractivity contribution in [2.24, 2.45) is 23.7 Å². The van der Waals surface area contributed by atoms with E-state index in [2.05, 4.69) is 13.8 Å². The molecule has 3 rings (SSSR count). The lowest BCUT2D eigenvalue weighted by molar-refractivity contribution is 0.169. The summed E-state index contributed by atoms with van der Waals surface area (Å²) in [5.41, 5.74) is 1.25. The zero-order chi connectivity index (χ0) is 19.2. The van der Waals surface area contributed by atoms with E-state index in [1.54, 1.807) is 12.1 Å². The summed E-state index contributed by atoms with van der Waals surface area (Å²) in [5.74, 6) is 3.78. The topological polar surface area (TPSA) is 23.8 Å². The summed E-state index contributed by atoms with van der Waals surface area (Å²) in [6, 6.07) is 7.13. The van der Waals surface area contributed by atoms with Gasteiger partial charge in [-0.15, -0.1) is 0 Å². The molecular weight excluding hydrogens is 333 g/mol. The minimum absolute atomic E-state index is 0.162. The van der Waals surface area contributed by atoms with Crippen molar-refractivity contribution in [1.29, 1.82) is 5.26 Å². The first-order valence-electron chi connectivity index (χ1n) is 11.3. The summed E-state index contributed by atoms with van der Waals surface area (Å²) in [7, 11) is 0. The quantitative estimate of drug-likeness (QED) is 0.506. The van der Waals surface area contributed by atoms with Gasteiger partial charge in [-0.05, 0) is 92.2 Å². The molecule has 0 aliphatic heterocycles. The number of hydrogen-bond acceptors (Lipinski definition) is 1. The van der Waals surface area contributed by atoms with Crippen LogP contribution in [0.15, 0.2) is 18.2 Å². The van der Waals surface area contributed by atoms with Crippen molar-refractivity contribution in [2.45, 2.75) is 90.4 Å². The minimum atomic E-state index is -0.357. The summed E-state index contributed by atoms with van der Waals surface area (Å²) in [5, 5.41) is 8.90. The molecule has 1 atom stereocenters. The molecule has 0 spiro atoms. The van der Waals surface area contributed by atoms with Crippen molar-refractivity contribution in [1.82, 2.24) is 0 Å². The zero-order valence-electron chi connectivity index (χ0n) is 17.2. The lowest BCUT2D eigenvalue weighted by atomic mass is 9.70. The summed E-state index contributed by atoms with van der Waals surface area (Å²) in [6.07, 6.45) is 14.9. The number of benzene rings is 1. The van der Waals surface area contributed by atoms with Gasteiger partial charge in [0.05, 0.1) is 5.56 Å². The second kappa shape index (κ2) is 9.72. The van der Waals surface area contributed by atoms with Crippen LogP contribution < -0.4 is 0 Å². The Balaban J connectivity index is 1.44. The van der Waals surface area contributed by atoms with Crippen LogP contribution in [-0.4, -0.2) is 0 Å². The molecule has 2 saturated carbocycles. The lowest BCUT2D eigenvalue weighted by Crippen LogP contribution is -2.23. The number of rotatable bonds is 6. The highest BCUT2D eigenvalue weighted by Gasteiger charge is 2.29. The van der Waals surface area contributed by atoms with E-state index < -0.39 is 0 Å². The van der Waals surface area contributed by atoms with Gasteiger partial charge in [0.1, 0.15) is 11.9 Å². The third kappa shape index (κ3) is 5.34. The van der Waals surface area contributed by atoms with E-state index in [1.165, 1.54) is 70.6 Å². The standard InChI is InChI=1S/C25H36FN/c1-3-4-19-5-9-21(10-6-19)18(2)15-20-7-11-22(12-8-20)23-13-14-24(17-27)25(26)16-23/h13-14,16,18-22H,3-12,15H2,1-2H3. The van der Waals surface area contributed by atoms with Crippen LogP contribution in [0.3, 0.4) is 0 Å². The molecule has 2 aliphatic carbocycles. The maximum Gasteiger partial charge on any atom is 0.141 e. The monoisotopic (exact) mass is 369 g/mol. The lowest BCUT2D eigenvalue weighted by Gasteiger charge is -2.36. The molecule has 1 unspecified atom stereocenters. The SMILES string of the molecule is CCCC1CCC(C(C)CC2CCC(c3ccc(C#N)c(F)c3)CC2)CC1. The fraction of sp³-hybridized carbons (Fsp3) is 0.720. The first-order chi connectivity index (χ1) is 13.1. The highest BCUT2D eigenvalue weighted by Crippen LogP contribution is 2.42. The Morgan fingerprint density at radius 1 is 1.04 bits per heavy atom. The highest BCUT2D eigenvalue weighted by molar-refractivity contribution is 5.34. The molecule has 0 N–H and O–H groups in total. The molecule has 1 aromatic carbocycles. The van der Waals surface area contributed by atoms with Crippen molar-refractivity contribution in [3.63, 3.8) is 0 Å². The van der Waals surface area contributed by atoms with Crippen molar-refractivity contribution >= 4 is 0 Å². The van der Waals surface area contributed by atoms with Gasteiger partial charge in [0.15, 0.2) is 0 Å². The van der Waals surface area contributed by atoms with Gasteiger partial charge >= 0.3 is 0 Å². The Hall–Kier alpha value is -1.36. The van der Waals surface area contributed by atoms with Gasteiger partial charge < -0.3 is 0 Å². The average Bonchev–Trinajstić information content (AvgIpc) is 2.69. The second-order valence-corrected chi connectivity index (χ2v) is 9.35. The van der Waals surface area contributed by atoms with Crippen molar-refractivity contribution in [3.8, 4) is 6.07 Å². The van der Waals surface area contributed by atoms with E-state index in [4.69, 9.17) is 5.26 Å². The van der Waals surface area contributed by atoms with Gasteiger partial charge in [-0.25, -0.2) is 4.39 Å². The normalized spacial score (nSPS) is 29.9. The predicted molar refractivity (Wildman–Crippen MR) is 110 cm³/mol. The number of hydrogen-bond donors (Lipinski definition) is 0. The Morgan fingerprint density at radius 2 is 1.70 bits per heavy atom. The van der Waals surface area contributed by atoms with E-state index in [-0.39, 0.29) is 11.4 Å². The van der Waals surface area contributed by atoms with Gasteiger partial charge in [-0.1, -0.05) is 45.6 Å². The number of nitrogens with zero attached hydrogens (tertiary/aromatic N) is 1. The molecule has 148 valence electrons. The largest absolute Gasteiger partial charge is 0.206 e. The molecule has 1 nitrogen and oxygen atoms in total. The van der Waals surface area contributed by atoms with Gasteiger partial charge in [-0.2, -0.15) is 5.26 Å². The van der Waals surface area contributed by atoms with Crippen LogP contribution in [0.1, 0.15) is 102 Å². The molecule has 1 aromatic rings. The average molecular weight is 370 g/mol. The van der Waals surface area contributed by atoms with Crippen molar-refractivity contribution in [3.05, 3.63) is 35.1 Å². The van der Waals surface area contributed by atoms with Crippen LogP contribution in [0, 0.1) is 40.8 Å². The summed E-state index contributed by atoms with van der Waals surface area (Å²) in [6.45, 7) is 4.81. The van der Waals surface area contributed by atoms with E-state index >= 15 is 0 Å². The summed E-state index contributed by atoms with van der Waals surface area (Å²) >= 11 is 0. The Bertz CT molecular complexity index is 630. The molecule has 0 bridgehead atoms. The molecule has 0 heterocycles. The van der Waals surface area contributed by atoms with Crippen LogP contribution in [0.25, 0.3) is 0 Å². The molecule has 2 heteroatoms. The fourth-order valence-electron chi connectivity index (χ4n) is 5.78. The van der Waals surface area contributed by atoms with Crippen molar-refractivity contribution in [2.75, 3.05) is 0 Å². The van der Waals surface area contributed by atoms with Crippen LogP contribution in [0.2, 0.25) is 0 Å². The van der Waals surface area contributed by atoms with Gasteiger partial charge in [-0.3, -0.25) is 0 Å². The summed E-state index contributed by atoms with van der Waals surface area (Å²) < 4.78 is 13.9. The molecule has 2 fully saturated rings. The molecule has 27 heavy (non-hydrogen) atoms. The molecule has 0 aromatic heterocycles. The summed E-state index contributed by atoms with van der Waals surface area (Å²) in [4.78, 5) is 0. The van der Waals surface area contributed by atoms with E-state index in [0.29, 0.717) is 5.92 Å². The van der Waals surface area contributed by atoms with Crippen LogP contribution in [0.4, 0.5) is 4.39 Å². The Labute approximate surface area is 165 Å². The Morgan fingerprint density at radius 3 is 2.30 bits per heavy atom. The smallest absolute Gasteiger partial charge is 0.141 e. The van der Waals surface area contributed by atoms with Crippen molar-refractivity contribution < 1.29 is 4.39 Å². The molecular formula is C25H36FN. The van der Waals surface area contributed by atoms with E-state index in [0.717, 1.165) is 29.2 Å². The molecule has 0 amide bonds. The van der Waals surface area contributed by atoms with E-state index in [1.807, 2.05) is 12.1 Å². The Kier molecular flexibility index (Phi) is 7.33. The van der Waals surface area contributed by atoms with Crippen LogP contribution in [-0.2, 0) is 0 Å². The predicted octanol–water partition coefficient (Wildman–Crippen LogP) is 7.60. The maximum atomic E-state index is 13.9. The molecule has 2 aliphatic rings. The van der Waals surface area contributed by atoms with Gasteiger partial charge in [0.2, 0.25) is 0 Å². The molecule has 0 radical (unpaired) electrons. The van der Waals surface area contributed by atoms with Crippen LogP contribution >= 0.6 is 0 Å². The third-order valence-corrected chi connectivity index (χ3v) is 7.53. The van der Waals surface area contributed by atoms with E-state index in [9.17, 15) is 4.39 Å². The van der Waals surface area contributed by atoms with Gasteiger partial charge in [0, 0.05) is 0 Å². The van der Waals surface area contributed by atoms with Crippen LogP contribution in [0.5, 0.6) is 0 Å². The second-order valence-electron chi connectivity index (χ2n) is 9.35. The minimum Gasteiger partial charge on any atom is -0.206 e. The highest BCUT2D eigenvalue weighted by atomic mass is 19.1.